The number of hydrogen-bond donors (Lipinski definition) is 0. The van der Waals surface area contributed by atoms with Crippen molar-refractivity contribution in [1.29, 1.82) is 0 Å². The summed E-state index contributed by atoms with van der Waals surface area (Å²) in [4.78, 5) is 16.1. The third-order valence-corrected chi connectivity index (χ3v) is 4.15. The van der Waals surface area contributed by atoms with Crippen LogP contribution in [0.15, 0.2) is 0 Å². The van der Waals surface area contributed by atoms with Gasteiger partial charge in [-0.25, -0.2) is 0 Å². The molecule has 110 valence electrons. The van der Waals surface area contributed by atoms with Crippen molar-refractivity contribution in [3.8, 4) is 0 Å². The zero-order valence-corrected chi connectivity index (χ0v) is 12.8. The SMILES string of the molecule is CC(C)CC(=O)N1CC2(CC[C@@H](CN(C)C)CO2)C1. The molecule has 4 heteroatoms. The van der Waals surface area contributed by atoms with E-state index in [1.165, 1.54) is 6.42 Å². The largest absolute Gasteiger partial charge is 0.371 e. The molecule has 0 aromatic rings. The molecule has 2 saturated heterocycles. The van der Waals surface area contributed by atoms with Gasteiger partial charge in [-0.1, -0.05) is 13.8 Å². The minimum Gasteiger partial charge on any atom is -0.371 e. The molecular weight excluding hydrogens is 240 g/mol. The van der Waals surface area contributed by atoms with E-state index < -0.39 is 0 Å². The summed E-state index contributed by atoms with van der Waals surface area (Å²) in [6, 6.07) is 0. The zero-order valence-electron chi connectivity index (χ0n) is 12.8. The summed E-state index contributed by atoms with van der Waals surface area (Å²) >= 11 is 0. The van der Waals surface area contributed by atoms with Crippen molar-refractivity contribution < 1.29 is 9.53 Å². The second-order valence-corrected chi connectivity index (χ2v) is 7.01. The van der Waals surface area contributed by atoms with E-state index in [4.69, 9.17) is 4.74 Å². The standard InChI is InChI=1S/C15H28N2O2/c1-12(2)7-14(18)17-10-15(11-17)6-5-13(9-19-15)8-16(3)4/h12-13H,5-11H2,1-4H3/t13-/m0/s1. The highest BCUT2D eigenvalue weighted by Crippen LogP contribution is 2.36. The third-order valence-electron chi connectivity index (χ3n) is 4.15. The number of hydrogen-bond acceptors (Lipinski definition) is 3. The van der Waals surface area contributed by atoms with E-state index >= 15 is 0 Å². The lowest BCUT2D eigenvalue weighted by molar-refractivity contribution is -0.189. The second kappa shape index (κ2) is 5.80. The van der Waals surface area contributed by atoms with Gasteiger partial charge in [0.25, 0.3) is 0 Å². The Kier molecular flexibility index (Phi) is 4.51. The maximum Gasteiger partial charge on any atom is 0.223 e. The van der Waals surface area contributed by atoms with Crippen molar-refractivity contribution in [2.45, 2.75) is 38.7 Å². The monoisotopic (exact) mass is 268 g/mol. The molecule has 2 aliphatic heterocycles. The van der Waals surface area contributed by atoms with Crippen LogP contribution in [0, 0.1) is 11.8 Å². The van der Waals surface area contributed by atoms with Crippen LogP contribution in [0.4, 0.5) is 0 Å². The Morgan fingerprint density at radius 3 is 2.58 bits per heavy atom. The Bertz CT molecular complexity index is 312. The average molecular weight is 268 g/mol. The van der Waals surface area contributed by atoms with Crippen molar-refractivity contribution in [2.75, 3.05) is 40.3 Å². The molecule has 0 aliphatic carbocycles. The zero-order chi connectivity index (χ0) is 14.0. The molecule has 2 rings (SSSR count). The predicted octanol–water partition coefficient (Wildman–Crippen LogP) is 1.60. The molecule has 1 amide bonds. The molecule has 0 bridgehead atoms. The van der Waals surface area contributed by atoms with Gasteiger partial charge >= 0.3 is 0 Å². The van der Waals surface area contributed by atoms with E-state index in [-0.39, 0.29) is 5.60 Å². The minimum absolute atomic E-state index is 0.00451. The van der Waals surface area contributed by atoms with Crippen LogP contribution in [-0.2, 0) is 9.53 Å². The summed E-state index contributed by atoms with van der Waals surface area (Å²) in [5, 5.41) is 0. The lowest BCUT2D eigenvalue weighted by Crippen LogP contribution is -2.66. The number of carbonyl (C=O) groups is 1. The number of carbonyl (C=O) groups excluding carboxylic acids is 1. The van der Waals surface area contributed by atoms with E-state index in [2.05, 4.69) is 32.8 Å². The van der Waals surface area contributed by atoms with E-state index in [0.717, 1.165) is 32.7 Å². The molecule has 0 unspecified atom stereocenters. The van der Waals surface area contributed by atoms with Crippen LogP contribution in [0.3, 0.4) is 0 Å². The minimum atomic E-state index is -0.00451. The van der Waals surface area contributed by atoms with Crippen LogP contribution in [0.5, 0.6) is 0 Å². The van der Waals surface area contributed by atoms with Gasteiger partial charge in [-0.05, 0) is 38.8 Å². The van der Waals surface area contributed by atoms with Crippen molar-refractivity contribution in [1.82, 2.24) is 9.80 Å². The summed E-state index contributed by atoms with van der Waals surface area (Å²) in [5.74, 6) is 1.39. The molecule has 4 nitrogen and oxygen atoms in total. The first-order chi connectivity index (χ1) is 8.90. The number of nitrogens with zero attached hydrogens (tertiary/aromatic N) is 2. The molecule has 2 aliphatic rings. The van der Waals surface area contributed by atoms with Gasteiger partial charge in [0.1, 0.15) is 5.60 Å². The molecule has 0 aromatic carbocycles. The Balaban J connectivity index is 1.73. The molecule has 2 fully saturated rings. The molecule has 0 N–H and O–H groups in total. The van der Waals surface area contributed by atoms with Gasteiger partial charge < -0.3 is 14.5 Å². The average Bonchev–Trinajstić information content (AvgIpc) is 2.25. The van der Waals surface area contributed by atoms with Gasteiger partial charge in [-0.15, -0.1) is 0 Å². The van der Waals surface area contributed by atoms with Gasteiger partial charge in [0.05, 0.1) is 19.7 Å². The summed E-state index contributed by atoms with van der Waals surface area (Å²) < 4.78 is 6.08. The van der Waals surface area contributed by atoms with Crippen molar-refractivity contribution in [2.24, 2.45) is 11.8 Å². The van der Waals surface area contributed by atoms with Gasteiger partial charge in [-0.3, -0.25) is 4.79 Å². The molecule has 0 aromatic heterocycles. The lowest BCUT2D eigenvalue weighted by atomic mass is 9.82. The maximum atomic E-state index is 11.9. The van der Waals surface area contributed by atoms with Crippen LogP contribution < -0.4 is 0 Å². The van der Waals surface area contributed by atoms with E-state index in [1.54, 1.807) is 0 Å². The Hall–Kier alpha value is -0.610. The molecule has 0 radical (unpaired) electrons. The smallest absolute Gasteiger partial charge is 0.223 e. The highest BCUT2D eigenvalue weighted by atomic mass is 16.5. The van der Waals surface area contributed by atoms with Gasteiger partial charge in [0.2, 0.25) is 5.91 Å². The first-order valence-electron chi connectivity index (χ1n) is 7.47. The van der Waals surface area contributed by atoms with Crippen LogP contribution in [0.1, 0.15) is 33.1 Å². The van der Waals surface area contributed by atoms with Gasteiger partial charge in [0.15, 0.2) is 0 Å². The summed E-state index contributed by atoms with van der Waals surface area (Å²) in [6.07, 6.45) is 3.00. The van der Waals surface area contributed by atoms with Crippen molar-refractivity contribution in [3.05, 3.63) is 0 Å². The van der Waals surface area contributed by atoms with E-state index in [1.807, 2.05) is 4.90 Å². The predicted molar refractivity (Wildman–Crippen MR) is 76.0 cm³/mol. The second-order valence-electron chi connectivity index (χ2n) is 7.01. The molecule has 1 atom stereocenters. The molecule has 0 saturated carbocycles. The molecule has 19 heavy (non-hydrogen) atoms. The topological polar surface area (TPSA) is 32.8 Å². The van der Waals surface area contributed by atoms with Crippen LogP contribution in [0.2, 0.25) is 0 Å². The summed E-state index contributed by atoms with van der Waals surface area (Å²) in [6.45, 7) is 7.77. The highest BCUT2D eigenvalue weighted by molar-refractivity contribution is 5.77. The number of rotatable bonds is 4. The van der Waals surface area contributed by atoms with Gasteiger partial charge in [0, 0.05) is 13.0 Å². The number of ether oxygens (including phenoxy) is 1. The van der Waals surface area contributed by atoms with Crippen molar-refractivity contribution in [3.63, 3.8) is 0 Å². The van der Waals surface area contributed by atoms with Crippen LogP contribution in [0.25, 0.3) is 0 Å². The molecule has 1 spiro atoms. The fraction of sp³-hybridized carbons (Fsp3) is 0.933. The summed E-state index contributed by atoms with van der Waals surface area (Å²) in [5.41, 5.74) is -0.00451. The normalized spacial score (nSPS) is 26.0. The first kappa shape index (κ1) is 14.8. The Morgan fingerprint density at radius 1 is 1.42 bits per heavy atom. The van der Waals surface area contributed by atoms with Crippen molar-refractivity contribution >= 4 is 5.91 Å². The number of amides is 1. The third kappa shape index (κ3) is 3.69. The van der Waals surface area contributed by atoms with Crippen LogP contribution in [-0.4, -0.2) is 61.6 Å². The van der Waals surface area contributed by atoms with Crippen LogP contribution >= 0.6 is 0 Å². The van der Waals surface area contributed by atoms with Gasteiger partial charge in [-0.2, -0.15) is 0 Å². The van der Waals surface area contributed by atoms with E-state index in [0.29, 0.717) is 24.2 Å². The fourth-order valence-corrected chi connectivity index (χ4v) is 3.13. The maximum absolute atomic E-state index is 11.9. The first-order valence-corrected chi connectivity index (χ1v) is 7.47. The fourth-order valence-electron chi connectivity index (χ4n) is 3.13. The summed E-state index contributed by atoms with van der Waals surface area (Å²) in [7, 11) is 4.22. The van der Waals surface area contributed by atoms with E-state index in [9.17, 15) is 4.79 Å². The molecule has 2 heterocycles. The quantitative estimate of drug-likeness (QED) is 0.776. The Labute approximate surface area is 117 Å². The lowest BCUT2D eigenvalue weighted by Gasteiger charge is -2.53. The number of likely N-dealkylation sites (tertiary alicyclic amines) is 1. The highest BCUT2D eigenvalue weighted by Gasteiger charge is 2.48. The Morgan fingerprint density at radius 2 is 2.11 bits per heavy atom. The molecular formula is C15H28N2O2.